The maximum absolute atomic E-state index is 12.4. The number of amides is 2. The van der Waals surface area contributed by atoms with Crippen molar-refractivity contribution in [2.24, 2.45) is 0 Å². The standard InChI is InChI=1S/C16H26N2O2S/c1-6-9-13-10-14(21-12(13)4)16(20)17(5)11-15(19)18(7-2)8-3/h10H,6-9,11H2,1-5H3. The molecule has 0 spiro atoms. The van der Waals surface area contributed by atoms with Crippen LogP contribution in [0.15, 0.2) is 6.07 Å². The zero-order chi connectivity index (χ0) is 16.0. The fraction of sp³-hybridized carbons (Fsp3) is 0.625. The van der Waals surface area contributed by atoms with Crippen LogP contribution in [0.25, 0.3) is 0 Å². The lowest BCUT2D eigenvalue weighted by molar-refractivity contribution is -0.131. The summed E-state index contributed by atoms with van der Waals surface area (Å²) in [6, 6.07) is 1.98. The highest BCUT2D eigenvalue weighted by Gasteiger charge is 2.20. The van der Waals surface area contributed by atoms with Crippen molar-refractivity contribution in [2.45, 2.75) is 40.5 Å². The van der Waals surface area contributed by atoms with Gasteiger partial charge in [-0.1, -0.05) is 13.3 Å². The predicted molar refractivity (Wildman–Crippen MR) is 87.9 cm³/mol. The Bertz CT molecular complexity index is 492. The molecule has 0 saturated carbocycles. The second kappa shape index (κ2) is 8.17. The second-order valence-electron chi connectivity index (χ2n) is 5.17. The third kappa shape index (κ3) is 4.56. The number of rotatable bonds is 7. The van der Waals surface area contributed by atoms with Crippen molar-refractivity contribution in [3.8, 4) is 0 Å². The molecule has 0 aliphatic carbocycles. The summed E-state index contributed by atoms with van der Waals surface area (Å²) in [4.78, 5) is 29.7. The third-order valence-electron chi connectivity index (χ3n) is 3.59. The lowest BCUT2D eigenvalue weighted by Crippen LogP contribution is -2.40. The van der Waals surface area contributed by atoms with Gasteiger partial charge in [0, 0.05) is 25.0 Å². The predicted octanol–water partition coefficient (Wildman–Crippen LogP) is 2.95. The first-order valence-corrected chi connectivity index (χ1v) is 8.38. The molecule has 0 aliphatic heterocycles. The van der Waals surface area contributed by atoms with Crippen LogP contribution in [0.3, 0.4) is 0 Å². The number of aryl methyl sites for hydroxylation is 2. The molecule has 5 heteroatoms. The lowest BCUT2D eigenvalue weighted by Gasteiger charge is -2.22. The van der Waals surface area contributed by atoms with E-state index in [0.29, 0.717) is 13.1 Å². The summed E-state index contributed by atoms with van der Waals surface area (Å²) in [5.41, 5.74) is 1.24. The number of hydrogen-bond acceptors (Lipinski definition) is 3. The van der Waals surface area contributed by atoms with E-state index in [0.717, 1.165) is 17.7 Å². The van der Waals surface area contributed by atoms with Gasteiger partial charge < -0.3 is 9.80 Å². The highest BCUT2D eigenvalue weighted by atomic mass is 32.1. The van der Waals surface area contributed by atoms with Gasteiger partial charge in [0.1, 0.15) is 0 Å². The average Bonchev–Trinajstić information content (AvgIpc) is 2.81. The van der Waals surface area contributed by atoms with Gasteiger partial charge in [0.15, 0.2) is 0 Å². The van der Waals surface area contributed by atoms with E-state index in [1.807, 2.05) is 26.8 Å². The molecule has 0 bridgehead atoms. The van der Waals surface area contributed by atoms with Crippen molar-refractivity contribution in [1.29, 1.82) is 0 Å². The fourth-order valence-corrected chi connectivity index (χ4v) is 3.35. The van der Waals surface area contributed by atoms with Crippen molar-refractivity contribution in [3.63, 3.8) is 0 Å². The largest absolute Gasteiger partial charge is 0.342 e. The van der Waals surface area contributed by atoms with Gasteiger partial charge in [-0.3, -0.25) is 9.59 Å². The number of thiophene rings is 1. The Kier molecular flexibility index (Phi) is 6.89. The van der Waals surface area contributed by atoms with E-state index in [-0.39, 0.29) is 18.4 Å². The fourth-order valence-electron chi connectivity index (χ4n) is 2.28. The van der Waals surface area contributed by atoms with Gasteiger partial charge >= 0.3 is 0 Å². The minimum absolute atomic E-state index is 0.00194. The van der Waals surface area contributed by atoms with Crippen LogP contribution in [0.1, 0.15) is 47.3 Å². The lowest BCUT2D eigenvalue weighted by atomic mass is 10.1. The molecule has 0 aliphatic rings. The molecule has 1 rings (SSSR count). The number of nitrogens with zero attached hydrogens (tertiary/aromatic N) is 2. The van der Waals surface area contributed by atoms with E-state index >= 15 is 0 Å². The second-order valence-corrected chi connectivity index (χ2v) is 6.43. The van der Waals surface area contributed by atoms with Gasteiger partial charge in [0.25, 0.3) is 5.91 Å². The molecule has 0 atom stereocenters. The van der Waals surface area contributed by atoms with Crippen LogP contribution in [0.5, 0.6) is 0 Å². The molecule has 0 saturated heterocycles. The number of carbonyl (C=O) groups is 2. The van der Waals surface area contributed by atoms with Crippen LogP contribution >= 0.6 is 11.3 Å². The first kappa shape index (κ1) is 17.7. The van der Waals surface area contributed by atoms with E-state index in [9.17, 15) is 9.59 Å². The molecule has 118 valence electrons. The molecule has 0 unspecified atom stereocenters. The van der Waals surface area contributed by atoms with E-state index < -0.39 is 0 Å². The molecule has 0 radical (unpaired) electrons. The average molecular weight is 310 g/mol. The zero-order valence-electron chi connectivity index (χ0n) is 13.7. The van der Waals surface area contributed by atoms with Crippen LogP contribution < -0.4 is 0 Å². The summed E-state index contributed by atoms with van der Waals surface area (Å²) in [6.45, 7) is 9.57. The molecule has 1 aromatic heterocycles. The third-order valence-corrected chi connectivity index (χ3v) is 4.67. The van der Waals surface area contributed by atoms with Crippen LogP contribution in [0, 0.1) is 6.92 Å². The molecular weight excluding hydrogens is 284 g/mol. The monoisotopic (exact) mass is 310 g/mol. The summed E-state index contributed by atoms with van der Waals surface area (Å²) in [5.74, 6) is -0.0659. The molecule has 1 heterocycles. The van der Waals surface area contributed by atoms with Crippen LogP contribution in [-0.4, -0.2) is 48.3 Å². The summed E-state index contributed by atoms with van der Waals surface area (Å²) in [6.07, 6.45) is 2.07. The molecule has 0 fully saturated rings. The first-order chi connectivity index (χ1) is 9.94. The molecular formula is C16H26N2O2S. The molecule has 1 aromatic rings. The summed E-state index contributed by atoms with van der Waals surface area (Å²) < 4.78 is 0. The van der Waals surface area contributed by atoms with Crippen molar-refractivity contribution in [3.05, 3.63) is 21.4 Å². The van der Waals surface area contributed by atoms with Gasteiger partial charge in [0.05, 0.1) is 11.4 Å². The van der Waals surface area contributed by atoms with Gasteiger partial charge in [0.2, 0.25) is 5.91 Å². The highest BCUT2D eigenvalue weighted by Crippen LogP contribution is 2.23. The number of hydrogen-bond donors (Lipinski definition) is 0. The minimum atomic E-state index is -0.0639. The Labute approximate surface area is 131 Å². The van der Waals surface area contributed by atoms with Gasteiger partial charge in [-0.05, 0) is 38.8 Å². The maximum atomic E-state index is 12.4. The number of carbonyl (C=O) groups excluding carboxylic acids is 2. The van der Waals surface area contributed by atoms with Gasteiger partial charge in [-0.25, -0.2) is 0 Å². The minimum Gasteiger partial charge on any atom is -0.342 e. The maximum Gasteiger partial charge on any atom is 0.264 e. The Morgan fingerprint density at radius 1 is 1.19 bits per heavy atom. The smallest absolute Gasteiger partial charge is 0.264 e. The van der Waals surface area contributed by atoms with Crippen LogP contribution in [0.4, 0.5) is 0 Å². The van der Waals surface area contributed by atoms with Crippen molar-refractivity contribution in [1.82, 2.24) is 9.80 Å². The Hall–Kier alpha value is -1.36. The van der Waals surface area contributed by atoms with Crippen molar-refractivity contribution in [2.75, 3.05) is 26.7 Å². The van der Waals surface area contributed by atoms with E-state index in [1.165, 1.54) is 26.7 Å². The molecule has 0 aromatic carbocycles. The van der Waals surface area contributed by atoms with Crippen LogP contribution in [0.2, 0.25) is 0 Å². The van der Waals surface area contributed by atoms with E-state index in [4.69, 9.17) is 0 Å². The Morgan fingerprint density at radius 3 is 2.33 bits per heavy atom. The SMILES string of the molecule is CCCc1cc(C(=O)N(C)CC(=O)N(CC)CC)sc1C. The Morgan fingerprint density at radius 2 is 1.81 bits per heavy atom. The normalized spacial score (nSPS) is 10.5. The summed E-state index contributed by atoms with van der Waals surface area (Å²) in [5, 5.41) is 0. The zero-order valence-corrected chi connectivity index (χ0v) is 14.5. The Balaban J connectivity index is 2.74. The first-order valence-electron chi connectivity index (χ1n) is 7.57. The quantitative estimate of drug-likeness (QED) is 0.777. The summed E-state index contributed by atoms with van der Waals surface area (Å²) in [7, 11) is 1.69. The molecule has 21 heavy (non-hydrogen) atoms. The topological polar surface area (TPSA) is 40.6 Å². The highest BCUT2D eigenvalue weighted by molar-refractivity contribution is 7.14. The molecule has 4 nitrogen and oxygen atoms in total. The van der Waals surface area contributed by atoms with Gasteiger partial charge in [-0.15, -0.1) is 11.3 Å². The number of likely N-dealkylation sites (N-methyl/N-ethyl adjacent to an activating group) is 2. The molecule has 0 N–H and O–H groups in total. The van der Waals surface area contributed by atoms with Crippen molar-refractivity contribution >= 4 is 23.2 Å². The van der Waals surface area contributed by atoms with Crippen LogP contribution in [-0.2, 0) is 11.2 Å². The van der Waals surface area contributed by atoms with Crippen molar-refractivity contribution < 1.29 is 9.59 Å². The van der Waals surface area contributed by atoms with E-state index in [2.05, 4.69) is 6.92 Å². The molecule has 2 amide bonds. The van der Waals surface area contributed by atoms with Gasteiger partial charge in [-0.2, -0.15) is 0 Å². The summed E-state index contributed by atoms with van der Waals surface area (Å²) >= 11 is 1.52. The van der Waals surface area contributed by atoms with E-state index in [1.54, 1.807) is 11.9 Å².